The third kappa shape index (κ3) is 4.82. The van der Waals surface area contributed by atoms with E-state index in [1.807, 2.05) is 0 Å². The molecule has 1 unspecified atom stereocenters. The molecule has 0 radical (unpaired) electrons. The van der Waals surface area contributed by atoms with E-state index >= 15 is 0 Å². The van der Waals surface area contributed by atoms with E-state index in [-0.39, 0.29) is 5.41 Å². The van der Waals surface area contributed by atoms with Crippen molar-refractivity contribution < 1.29 is 0 Å². The van der Waals surface area contributed by atoms with E-state index < -0.39 is 0 Å². The highest BCUT2D eigenvalue weighted by Crippen LogP contribution is 2.28. The van der Waals surface area contributed by atoms with Crippen LogP contribution in [0.3, 0.4) is 0 Å². The van der Waals surface area contributed by atoms with Gasteiger partial charge in [-0.25, -0.2) is 0 Å². The first-order valence-electron chi connectivity index (χ1n) is 8.56. The van der Waals surface area contributed by atoms with Crippen LogP contribution in [0.4, 0.5) is 0 Å². The molecule has 1 aromatic carbocycles. The Morgan fingerprint density at radius 2 is 1.62 bits per heavy atom. The molecule has 0 spiro atoms. The molecule has 2 nitrogen and oxygen atoms in total. The second-order valence-corrected chi connectivity index (χ2v) is 7.68. The molecule has 2 heteroatoms. The van der Waals surface area contributed by atoms with Crippen LogP contribution in [0.2, 0.25) is 0 Å². The molecule has 1 fully saturated rings. The van der Waals surface area contributed by atoms with Crippen LogP contribution >= 0.6 is 0 Å². The summed E-state index contributed by atoms with van der Waals surface area (Å²) in [5.41, 5.74) is 6.12. The van der Waals surface area contributed by atoms with Gasteiger partial charge in [-0.1, -0.05) is 70.7 Å². The Bertz CT molecular complexity index is 408. The summed E-state index contributed by atoms with van der Waals surface area (Å²) in [6, 6.07) is 9.53. The van der Waals surface area contributed by atoms with Crippen LogP contribution in [0, 0.1) is 5.92 Å². The molecule has 1 aromatic rings. The fourth-order valence-electron chi connectivity index (χ4n) is 3.47. The Labute approximate surface area is 130 Å². The van der Waals surface area contributed by atoms with Crippen molar-refractivity contribution in [3.8, 4) is 0 Å². The molecule has 1 saturated carbocycles. The Balaban J connectivity index is 2.00. The van der Waals surface area contributed by atoms with Crippen LogP contribution in [0.25, 0.3) is 0 Å². The van der Waals surface area contributed by atoms with Gasteiger partial charge in [0.1, 0.15) is 0 Å². The van der Waals surface area contributed by atoms with Gasteiger partial charge in [-0.05, 0) is 41.7 Å². The highest BCUT2D eigenvalue weighted by Gasteiger charge is 2.22. The first-order valence-corrected chi connectivity index (χ1v) is 8.56. The van der Waals surface area contributed by atoms with Gasteiger partial charge >= 0.3 is 0 Å². The molecule has 118 valence electrons. The van der Waals surface area contributed by atoms with Gasteiger partial charge in [-0.15, -0.1) is 0 Å². The third-order valence-electron chi connectivity index (χ3n) is 4.96. The van der Waals surface area contributed by atoms with Crippen LogP contribution in [-0.4, -0.2) is 6.04 Å². The van der Waals surface area contributed by atoms with Crippen molar-refractivity contribution in [3.63, 3.8) is 0 Å². The summed E-state index contributed by atoms with van der Waals surface area (Å²) >= 11 is 0. The van der Waals surface area contributed by atoms with Crippen molar-refractivity contribution in [3.05, 3.63) is 35.4 Å². The fraction of sp³-hybridized carbons (Fsp3) is 0.684. The van der Waals surface area contributed by atoms with Crippen LogP contribution in [-0.2, 0) is 11.8 Å². The second-order valence-electron chi connectivity index (χ2n) is 7.68. The quantitative estimate of drug-likeness (QED) is 0.492. The van der Waals surface area contributed by atoms with Crippen molar-refractivity contribution in [2.75, 3.05) is 0 Å². The number of nitrogens with two attached hydrogens (primary N) is 1. The molecule has 0 heterocycles. The molecule has 1 atom stereocenters. The Hall–Kier alpha value is -0.860. The van der Waals surface area contributed by atoms with Gasteiger partial charge in [0.25, 0.3) is 0 Å². The predicted octanol–water partition coefficient (Wildman–Crippen LogP) is 4.33. The average molecular weight is 288 g/mol. The van der Waals surface area contributed by atoms with Gasteiger partial charge in [-0.2, -0.15) is 0 Å². The maximum Gasteiger partial charge on any atom is 0.0279 e. The van der Waals surface area contributed by atoms with Crippen molar-refractivity contribution in [2.24, 2.45) is 11.8 Å². The fourth-order valence-corrected chi connectivity index (χ4v) is 3.47. The lowest BCUT2D eigenvalue weighted by molar-refractivity contribution is 0.320. The lowest BCUT2D eigenvalue weighted by Crippen LogP contribution is -2.42. The summed E-state index contributed by atoms with van der Waals surface area (Å²) in [6.07, 6.45) is 9.23. The molecule has 1 aliphatic carbocycles. The average Bonchev–Trinajstić information content (AvgIpc) is 2.73. The summed E-state index contributed by atoms with van der Waals surface area (Å²) in [5.74, 6) is 6.59. The summed E-state index contributed by atoms with van der Waals surface area (Å²) in [5, 5.41) is 0. The van der Waals surface area contributed by atoms with Crippen LogP contribution in [0.5, 0.6) is 0 Å². The van der Waals surface area contributed by atoms with E-state index in [9.17, 15) is 0 Å². The number of benzene rings is 1. The highest BCUT2D eigenvalue weighted by molar-refractivity contribution is 5.28. The smallest absolute Gasteiger partial charge is 0.0279 e. The van der Waals surface area contributed by atoms with E-state index in [1.165, 1.54) is 49.7 Å². The van der Waals surface area contributed by atoms with Gasteiger partial charge in [0.05, 0.1) is 0 Å². The lowest BCUT2D eigenvalue weighted by atomic mass is 9.85. The van der Waals surface area contributed by atoms with Gasteiger partial charge in [-0.3, -0.25) is 11.3 Å². The maximum atomic E-state index is 5.85. The van der Waals surface area contributed by atoms with Crippen LogP contribution in [0.15, 0.2) is 24.3 Å². The zero-order valence-corrected chi connectivity index (χ0v) is 14.0. The van der Waals surface area contributed by atoms with Crippen LogP contribution in [0.1, 0.15) is 70.4 Å². The molecule has 0 saturated heterocycles. The summed E-state index contributed by atoms with van der Waals surface area (Å²) in [4.78, 5) is 0. The molecule has 3 N–H and O–H groups in total. The Kier molecular flexibility index (Phi) is 5.83. The van der Waals surface area contributed by atoms with Crippen molar-refractivity contribution >= 4 is 0 Å². The minimum atomic E-state index is 0.228. The van der Waals surface area contributed by atoms with Crippen LogP contribution < -0.4 is 11.3 Å². The number of hydrogen-bond acceptors (Lipinski definition) is 2. The maximum absolute atomic E-state index is 5.85. The first-order chi connectivity index (χ1) is 10.0. The SMILES string of the molecule is CC(C)(C)c1ccc(CC(NN)C2CCCCCC2)cc1. The van der Waals surface area contributed by atoms with Gasteiger partial charge in [0, 0.05) is 6.04 Å². The summed E-state index contributed by atoms with van der Waals surface area (Å²) in [7, 11) is 0. The zero-order chi connectivity index (χ0) is 15.3. The minimum Gasteiger partial charge on any atom is -0.271 e. The largest absolute Gasteiger partial charge is 0.271 e. The summed E-state index contributed by atoms with van der Waals surface area (Å²) < 4.78 is 0. The highest BCUT2D eigenvalue weighted by atomic mass is 15.2. The Morgan fingerprint density at radius 3 is 2.10 bits per heavy atom. The van der Waals surface area contributed by atoms with Gasteiger partial charge in [0.15, 0.2) is 0 Å². The van der Waals surface area contributed by atoms with Crippen molar-refractivity contribution in [2.45, 2.75) is 77.2 Å². The molecule has 0 aliphatic heterocycles. The number of rotatable bonds is 4. The number of hydrogen-bond donors (Lipinski definition) is 2. The second kappa shape index (κ2) is 7.42. The first kappa shape index (κ1) is 16.5. The van der Waals surface area contributed by atoms with E-state index in [0.29, 0.717) is 6.04 Å². The minimum absolute atomic E-state index is 0.228. The van der Waals surface area contributed by atoms with E-state index in [4.69, 9.17) is 5.84 Å². The molecular formula is C19H32N2. The van der Waals surface area contributed by atoms with E-state index in [0.717, 1.165) is 12.3 Å². The predicted molar refractivity (Wildman–Crippen MR) is 91.1 cm³/mol. The topological polar surface area (TPSA) is 38.0 Å². The number of hydrazine groups is 1. The molecule has 2 rings (SSSR count). The number of nitrogens with one attached hydrogen (secondary N) is 1. The molecule has 21 heavy (non-hydrogen) atoms. The van der Waals surface area contributed by atoms with E-state index in [1.54, 1.807) is 0 Å². The van der Waals surface area contributed by atoms with Crippen molar-refractivity contribution in [1.82, 2.24) is 5.43 Å². The summed E-state index contributed by atoms with van der Waals surface area (Å²) in [6.45, 7) is 6.79. The molecule has 0 aromatic heterocycles. The van der Waals surface area contributed by atoms with Crippen molar-refractivity contribution in [1.29, 1.82) is 0 Å². The lowest BCUT2D eigenvalue weighted by Gasteiger charge is -2.26. The monoisotopic (exact) mass is 288 g/mol. The molecule has 0 amide bonds. The molecular weight excluding hydrogens is 256 g/mol. The molecule has 0 bridgehead atoms. The van der Waals surface area contributed by atoms with Gasteiger partial charge in [0.2, 0.25) is 0 Å². The Morgan fingerprint density at radius 1 is 1.05 bits per heavy atom. The standard InChI is InChI=1S/C19H32N2/c1-19(2,3)17-12-10-15(11-13-17)14-18(21-20)16-8-6-4-5-7-9-16/h10-13,16,18,21H,4-9,14,20H2,1-3H3. The third-order valence-corrected chi connectivity index (χ3v) is 4.96. The van der Waals surface area contributed by atoms with Gasteiger partial charge < -0.3 is 0 Å². The normalized spacial score (nSPS) is 19.2. The molecule has 1 aliphatic rings. The van der Waals surface area contributed by atoms with E-state index in [2.05, 4.69) is 50.5 Å². The zero-order valence-electron chi connectivity index (χ0n) is 14.0.